The first-order chi connectivity index (χ1) is 8.20. The first-order valence-electron chi connectivity index (χ1n) is 5.11. The normalized spacial score (nSPS) is 10.5. The van der Waals surface area contributed by atoms with Gasteiger partial charge < -0.3 is 5.32 Å². The van der Waals surface area contributed by atoms with Gasteiger partial charge in [-0.1, -0.05) is 15.9 Å². The molecular formula is C12H11BrFN3. The van der Waals surface area contributed by atoms with E-state index in [0.29, 0.717) is 17.9 Å². The van der Waals surface area contributed by atoms with Crippen LogP contribution in [0.1, 0.15) is 5.56 Å². The summed E-state index contributed by atoms with van der Waals surface area (Å²) in [5, 5.41) is 3.01. The minimum absolute atomic E-state index is 0.300. The molecule has 1 aromatic heterocycles. The van der Waals surface area contributed by atoms with Crippen LogP contribution in [0.5, 0.6) is 0 Å². The van der Waals surface area contributed by atoms with E-state index in [1.807, 2.05) is 7.05 Å². The fourth-order valence-electron chi connectivity index (χ4n) is 1.46. The lowest BCUT2D eigenvalue weighted by Gasteiger charge is -2.04. The highest BCUT2D eigenvalue weighted by molar-refractivity contribution is 9.10. The number of hydrogen-bond acceptors (Lipinski definition) is 3. The van der Waals surface area contributed by atoms with Crippen molar-refractivity contribution >= 4 is 15.9 Å². The molecule has 1 N–H and O–H groups in total. The number of nitrogens with one attached hydrogen (secondary N) is 1. The van der Waals surface area contributed by atoms with Crippen LogP contribution in [0.2, 0.25) is 0 Å². The molecule has 0 aliphatic carbocycles. The van der Waals surface area contributed by atoms with Crippen LogP contribution < -0.4 is 5.32 Å². The summed E-state index contributed by atoms with van der Waals surface area (Å²) in [4.78, 5) is 8.44. The summed E-state index contributed by atoms with van der Waals surface area (Å²) in [6.45, 7) is 0.713. The van der Waals surface area contributed by atoms with Crippen molar-refractivity contribution in [2.45, 2.75) is 6.54 Å². The van der Waals surface area contributed by atoms with E-state index in [4.69, 9.17) is 0 Å². The van der Waals surface area contributed by atoms with E-state index in [0.717, 1.165) is 10.0 Å². The van der Waals surface area contributed by atoms with Gasteiger partial charge in [-0.25, -0.2) is 14.4 Å². The zero-order valence-electron chi connectivity index (χ0n) is 9.24. The number of nitrogens with zero attached hydrogens (tertiary/aromatic N) is 2. The van der Waals surface area contributed by atoms with Crippen molar-refractivity contribution < 1.29 is 4.39 Å². The Balaban J connectivity index is 2.36. The molecule has 0 saturated carbocycles. The van der Waals surface area contributed by atoms with Gasteiger partial charge in [0.1, 0.15) is 5.82 Å². The highest BCUT2D eigenvalue weighted by Crippen LogP contribution is 2.25. The molecule has 0 radical (unpaired) electrons. The SMILES string of the molecule is CNCc1cnc(-c2cc(F)ccc2Br)nc1. The Morgan fingerprint density at radius 2 is 2.00 bits per heavy atom. The van der Waals surface area contributed by atoms with Crippen LogP contribution in [-0.4, -0.2) is 17.0 Å². The third-order valence-electron chi connectivity index (χ3n) is 2.26. The first-order valence-corrected chi connectivity index (χ1v) is 5.91. The monoisotopic (exact) mass is 295 g/mol. The predicted octanol–water partition coefficient (Wildman–Crippen LogP) is 2.76. The standard InChI is InChI=1S/C12H11BrFN3/c1-15-5-8-6-16-12(17-7-8)10-4-9(14)2-3-11(10)13/h2-4,6-7,15H,5H2,1H3. The van der Waals surface area contributed by atoms with Crippen molar-refractivity contribution in [2.75, 3.05) is 7.05 Å². The summed E-state index contributed by atoms with van der Waals surface area (Å²) in [5.74, 6) is 0.210. The average molecular weight is 296 g/mol. The maximum Gasteiger partial charge on any atom is 0.160 e. The van der Waals surface area contributed by atoms with Crippen molar-refractivity contribution in [1.29, 1.82) is 0 Å². The molecule has 0 spiro atoms. The summed E-state index contributed by atoms with van der Waals surface area (Å²) in [6, 6.07) is 4.45. The Morgan fingerprint density at radius 1 is 1.29 bits per heavy atom. The Bertz CT molecular complexity index is 514. The van der Waals surface area contributed by atoms with Crippen LogP contribution in [0.3, 0.4) is 0 Å². The zero-order valence-corrected chi connectivity index (χ0v) is 10.8. The quantitative estimate of drug-likeness (QED) is 0.946. The van der Waals surface area contributed by atoms with E-state index in [-0.39, 0.29) is 5.82 Å². The summed E-state index contributed by atoms with van der Waals surface area (Å²) in [5.41, 5.74) is 1.64. The molecule has 0 aliphatic rings. The highest BCUT2D eigenvalue weighted by atomic mass is 79.9. The third-order valence-corrected chi connectivity index (χ3v) is 2.95. The van der Waals surface area contributed by atoms with Crippen LogP contribution in [0.15, 0.2) is 35.1 Å². The second-order valence-electron chi connectivity index (χ2n) is 3.57. The molecule has 2 aromatic rings. The highest BCUT2D eigenvalue weighted by Gasteiger charge is 2.07. The number of benzene rings is 1. The number of aromatic nitrogens is 2. The Labute approximate surface area is 107 Å². The summed E-state index contributed by atoms with van der Waals surface area (Å²) >= 11 is 3.36. The molecule has 88 valence electrons. The van der Waals surface area contributed by atoms with Gasteiger partial charge in [-0.15, -0.1) is 0 Å². The zero-order chi connectivity index (χ0) is 12.3. The number of hydrogen-bond donors (Lipinski definition) is 1. The molecule has 0 aliphatic heterocycles. The van der Waals surface area contributed by atoms with E-state index in [1.165, 1.54) is 12.1 Å². The van der Waals surface area contributed by atoms with Gasteiger partial charge in [-0.05, 0) is 25.2 Å². The van der Waals surface area contributed by atoms with Crippen LogP contribution in [0.25, 0.3) is 11.4 Å². The van der Waals surface area contributed by atoms with Gasteiger partial charge in [0.2, 0.25) is 0 Å². The topological polar surface area (TPSA) is 37.8 Å². The van der Waals surface area contributed by atoms with Gasteiger partial charge in [0.25, 0.3) is 0 Å². The van der Waals surface area contributed by atoms with Crippen LogP contribution >= 0.6 is 15.9 Å². The average Bonchev–Trinajstić information content (AvgIpc) is 2.34. The molecule has 0 atom stereocenters. The van der Waals surface area contributed by atoms with Crippen LogP contribution in [0.4, 0.5) is 4.39 Å². The summed E-state index contributed by atoms with van der Waals surface area (Å²) in [7, 11) is 1.86. The maximum atomic E-state index is 13.1. The fourth-order valence-corrected chi connectivity index (χ4v) is 1.88. The molecule has 1 heterocycles. The van der Waals surface area contributed by atoms with Gasteiger partial charge >= 0.3 is 0 Å². The molecule has 0 amide bonds. The molecule has 1 aromatic carbocycles. The predicted molar refractivity (Wildman–Crippen MR) is 67.9 cm³/mol. The molecule has 0 fully saturated rings. The van der Waals surface area contributed by atoms with E-state index in [9.17, 15) is 4.39 Å². The lowest BCUT2D eigenvalue weighted by atomic mass is 10.2. The summed E-state index contributed by atoms with van der Waals surface area (Å²) < 4.78 is 13.9. The summed E-state index contributed by atoms with van der Waals surface area (Å²) in [6.07, 6.45) is 3.46. The third kappa shape index (κ3) is 2.87. The van der Waals surface area contributed by atoms with Gasteiger partial charge in [0.05, 0.1) is 0 Å². The Kier molecular flexibility index (Phi) is 3.81. The molecule has 0 bridgehead atoms. The second kappa shape index (κ2) is 5.33. The molecule has 0 unspecified atom stereocenters. The van der Waals surface area contributed by atoms with Crippen molar-refractivity contribution in [3.05, 3.63) is 46.4 Å². The molecular weight excluding hydrogens is 285 g/mol. The van der Waals surface area contributed by atoms with E-state index in [1.54, 1.807) is 18.5 Å². The molecule has 0 saturated heterocycles. The van der Waals surface area contributed by atoms with Gasteiger partial charge in [-0.3, -0.25) is 0 Å². The molecule has 5 heteroatoms. The number of halogens is 2. The van der Waals surface area contributed by atoms with Crippen molar-refractivity contribution in [1.82, 2.24) is 15.3 Å². The lowest BCUT2D eigenvalue weighted by Crippen LogP contribution is -2.06. The number of rotatable bonds is 3. The minimum Gasteiger partial charge on any atom is -0.316 e. The van der Waals surface area contributed by atoms with Crippen LogP contribution in [0, 0.1) is 5.82 Å². The minimum atomic E-state index is -0.300. The van der Waals surface area contributed by atoms with Gasteiger partial charge in [0.15, 0.2) is 5.82 Å². The Morgan fingerprint density at radius 3 is 2.65 bits per heavy atom. The van der Waals surface area contributed by atoms with Crippen molar-refractivity contribution in [2.24, 2.45) is 0 Å². The molecule has 3 nitrogen and oxygen atoms in total. The smallest absolute Gasteiger partial charge is 0.160 e. The largest absolute Gasteiger partial charge is 0.316 e. The molecule has 2 rings (SSSR count). The van der Waals surface area contributed by atoms with E-state index in [2.05, 4.69) is 31.2 Å². The van der Waals surface area contributed by atoms with Gasteiger partial charge in [0, 0.05) is 34.5 Å². The van der Waals surface area contributed by atoms with E-state index < -0.39 is 0 Å². The first kappa shape index (κ1) is 12.1. The second-order valence-corrected chi connectivity index (χ2v) is 4.42. The van der Waals surface area contributed by atoms with Crippen LogP contribution in [-0.2, 0) is 6.54 Å². The fraction of sp³-hybridized carbons (Fsp3) is 0.167. The van der Waals surface area contributed by atoms with Gasteiger partial charge in [-0.2, -0.15) is 0 Å². The Hall–Kier alpha value is -1.33. The maximum absolute atomic E-state index is 13.1. The van der Waals surface area contributed by atoms with E-state index >= 15 is 0 Å². The van der Waals surface area contributed by atoms with Crippen molar-refractivity contribution in [3.8, 4) is 11.4 Å². The molecule has 17 heavy (non-hydrogen) atoms. The lowest BCUT2D eigenvalue weighted by molar-refractivity contribution is 0.628. The van der Waals surface area contributed by atoms with Crippen molar-refractivity contribution in [3.63, 3.8) is 0 Å².